The lowest BCUT2D eigenvalue weighted by molar-refractivity contribution is -0.145. The number of carboxylic acids is 1. The van der Waals surface area contributed by atoms with E-state index in [1.54, 1.807) is 19.1 Å². The van der Waals surface area contributed by atoms with Crippen LogP contribution in [0.5, 0.6) is 0 Å². The Bertz CT molecular complexity index is 558. The standard InChI is InChI=1S/C16H20FNO3/c1-3-10-7-11(12(8-10)16(20)21)15(19)18-14-6-9(2)4-5-13(14)17/h4-6,10-12H,3,7-8H2,1-2H3,(H,18,19)(H,20,21)/t10?,11-,12+/m0/s1. The maximum absolute atomic E-state index is 13.7. The molecular weight excluding hydrogens is 273 g/mol. The van der Waals surface area contributed by atoms with Crippen molar-refractivity contribution in [2.75, 3.05) is 5.32 Å². The fourth-order valence-electron chi connectivity index (χ4n) is 3.00. The van der Waals surface area contributed by atoms with Gasteiger partial charge in [0, 0.05) is 0 Å². The van der Waals surface area contributed by atoms with E-state index in [2.05, 4.69) is 5.32 Å². The molecule has 2 rings (SSSR count). The smallest absolute Gasteiger partial charge is 0.307 e. The van der Waals surface area contributed by atoms with Gasteiger partial charge in [-0.1, -0.05) is 19.4 Å². The van der Waals surface area contributed by atoms with Gasteiger partial charge < -0.3 is 10.4 Å². The average Bonchev–Trinajstić information content (AvgIpc) is 2.87. The van der Waals surface area contributed by atoms with Crippen molar-refractivity contribution < 1.29 is 19.1 Å². The third-order valence-corrected chi connectivity index (χ3v) is 4.27. The largest absolute Gasteiger partial charge is 0.481 e. The molecule has 4 nitrogen and oxygen atoms in total. The molecule has 1 amide bonds. The summed E-state index contributed by atoms with van der Waals surface area (Å²) >= 11 is 0. The zero-order chi connectivity index (χ0) is 15.6. The van der Waals surface area contributed by atoms with Gasteiger partial charge in [-0.15, -0.1) is 0 Å². The number of carboxylic acid groups (broad SMARTS) is 1. The Morgan fingerprint density at radius 3 is 2.62 bits per heavy atom. The van der Waals surface area contributed by atoms with Crippen LogP contribution in [0.25, 0.3) is 0 Å². The lowest BCUT2D eigenvalue weighted by atomic mass is 9.95. The molecule has 21 heavy (non-hydrogen) atoms. The van der Waals surface area contributed by atoms with Crippen molar-refractivity contribution in [3.05, 3.63) is 29.6 Å². The Balaban J connectivity index is 2.15. The van der Waals surface area contributed by atoms with Crippen molar-refractivity contribution in [2.45, 2.75) is 33.1 Å². The van der Waals surface area contributed by atoms with Crippen molar-refractivity contribution in [1.29, 1.82) is 0 Å². The van der Waals surface area contributed by atoms with E-state index in [0.29, 0.717) is 12.8 Å². The molecule has 1 aliphatic rings. The number of nitrogens with one attached hydrogen (secondary N) is 1. The molecule has 3 atom stereocenters. The van der Waals surface area contributed by atoms with Crippen molar-refractivity contribution in [1.82, 2.24) is 0 Å². The molecule has 0 heterocycles. The van der Waals surface area contributed by atoms with Gasteiger partial charge >= 0.3 is 5.97 Å². The predicted octanol–water partition coefficient (Wildman–Crippen LogP) is 3.21. The Morgan fingerprint density at radius 2 is 2.00 bits per heavy atom. The third kappa shape index (κ3) is 3.40. The normalized spacial score (nSPS) is 24.8. The van der Waals surface area contributed by atoms with Crippen LogP contribution in [0.4, 0.5) is 10.1 Å². The molecule has 1 saturated carbocycles. The zero-order valence-electron chi connectivity index (χ0n) is 12.2. The van der Waals surface area contributed by atoms with Crippen LogP contribution >= 0.6 is 0 Å². The fourth-order valence-corrected chi connectivity index (χ4v) is 3.00. The number of halogens is 1. The number of hydrogen-bond donors (Lipinski definition) is 2. The molecule has 0 bridgehead atoms. The Labute approximate surface area is 123 Å². The first-order valence-electron chi connectivity index (χ1n) is 7.22. The molecule has 0 aliphatic heterocycles. The van der Waals surface area contributed by atoms with Crippen LogP contribution in [0.2, 0.25) is 0 Å². The highest BCUT2D eigenvalue weighted by molar-refractivity contribution is 5.95. The summed E-state index contributed by atoms with van der Waals surface area (Å²) < 4.78 is 13.7. The van der Waals surface area contributed by atoms with Crippen LogP contribution < -0.4 is 5.32 Å². The fraction of sp³-hybridized carbons (Fsp3) is 0.500. The molecule has 1 aromatic carbocycles. The first-order chi connectivity index (χ1) is 9.92. The molecule has 114 valence electrons. The van der Waals surface area contributed by atoms with E-state index in [4.69, 9.17) is 0 Å². The summed E-state index contributed by atoms with van der Waals surface area (Å²) in [5, 5.41) is 11.8. The summed E-state index contributed by atoms with van der Waals surface area (Å²) in [7, 11) is 0. The summed E-state index contributed by atoms with van der Waals surface area (Å²) in [6, 6.07) is 4.46. The van der Waals surface area contributed by atoms with Gasteiger partial charge in [0.05, 0.1) is 17.5 Å². The van der Waals surface area contributed by atoms with Crippen molar-refractivity contribution in [2.24, 2.45) is 17.8 Å². The Morgan fingerprint density at radius 1 is 1.33 bits per heavy atom. The van der Waals surface area contributed by atoms with Gasteiger partial charge in [0.25, 0.3) is 0 Å². The summed E-state index contributed by atoms with van der Waals surface area (Å²) in [6.07, 6.45) is 1.92. The minimum Gasteiger partial charge on any atom is -0.481 e. The number of amides is 1. The van der Waals surface area contributed by atoms with E-state index < -0.39 is 29.5 Å². The van der Waals surface area contributed by atoms with Gasteiger partial charge in [0.1, 0.15) is 5.82 Å². The quantitative estimate of drug-likeness (QED) is 0.895. The van der Waals surface area contributed by atoms with E-state index in [9.17, 15) is 19.1 Å². The Hall–Kier alpha value is -1.91. The summed E-state index contributed by atoms with van der Waals surface area (Å²) in [4.78, 5) is 23.6. The number of hydrogen-bond acceptors (Lipinski definition) is 2. The highest BCUT2D eigenvalue weighted by Gasteiger charge is 2.42. The maximum atomic E-state index is 13.7. The summed E-state index contributed by atoms with van der Waals surface area (Å²) in [5.74, 6) is -2.89. The van der Waals surface area contributed by atoms with Crippen LogP contribution in [0.1, 0.15) is 31.7 Å². The predicted molar refractivity (Wildman–Crippen MR) is 77.4 cm³/mol. The molecule has 1 unspecified atom stereocenters. The van der Waals surface area contributed by atoms with Crippen molar-refractivity contribution in [3.63, 3.8) is 0 Å². The molecule has 0 spiro atoms. The van der Waals surface area contributed by atoms with Crippen LogP contribution in [0.3, 0.4) is 0 Å². The van der Waals surface area contributed by atoms with E-state index in [-0.39, 0.29) is 11.6 Å². The number of aliphatic carboxylic acids is 1. The van der Waals surface area contributed by atoms with Crippen molar-refractivity contribution in [3.8, 4) is 0 Å². The number of anilines is 1. The van der Waals surface area contributed by atoms with Gasteiger partial charge in [0.15, 0.2) is 0 Å². The second kappa shape index (κ2) is 6.24. The number of carbonyl (C=O) groups excluding carboxylic acids is 1. The molecule has 0 radical (unpaired) electrons. The molecule has 5 heteroatoms. The van der Waals surface area contributed by atoms with Gasteiger partial charge in [0.2, 0.25) is 5.91 Å². The molecule has 1 fully saturated rings. The van der Waals surface area contributed by atoms with E-state index in [1.165, 1.54) is 6.07 Å². The van der Waals surface area contributed by atoms with Gasteiger partial charge in [-0.05, 0) is 43.4 Å². The SMILES string of the molecule is CCC1C[C@H](C(=O)Nc2cc(C)ccc2F)[C@H](C(=O)O)C1. The van der Waals surface area contributed by atoms with E-state index in [1.807, 2.05) is 6.92 Å². The third-order valence-electron chi connectivity index (χ3n) is 4.27. The van der Waals surface area contributed by atoms with Gasteiger partial charge in [-0.2, -0.15) is 0 Å². The lowest BCUT2D eigenvalue weighted by Gasteiger charge is -2.16. The molecular formula is C16H20FNO3. The topological polar surface area (TPSA) is 66.4 Å². The number of benzene rings is 1. The van der Waals surface area contributed by atoms with E-state index >= 15 is 0 Å². The summed E-state index contributed by atoms with van der Waals surface area (Å²) in [6.45, 7) is 3.79. The van der Waals surface area contributed by atoms with Crippen LogP contribution in [-0.4, -0.2) is 17.0 Å². The number of carbonyl (C=O) groups is 2. The lowest BCUT2D eigenvalue weighted by Crippen LogP contribution is -2.30. The van der Waals surface area contributed by atoms with Gasteiger partial charge in [-0.3, -0.25) is 9.59 Å². The molecule has 1 aromatic rings. The molecule has 1 aliphatic carbocycles. The first kappa shape index (κ1) is 15.5. The second-order valence-electron chi connectivity index (χ2n) is 5.77. The molecule has 2 N–H and O–H groups in total. The first-order valence-corrected chi connectivity index (χ1v) is 7.22. The van der Waals surface area contributed by atoms with Crippen LogP contribution in [0.15, 0.2) is 18.2 Å². The summed E-state index contributed by atoms with van der Waals surface area (Å²) in [5.41, 5.74) is 0.948. The minimum absolute atomic E-state index is 0.115. The zero-order valence-corrected chi connectivity index (χ0v) is 12.2. The number of rotatable bonds is 4. The number of aryl methyl sites for hydroxylation is 1. The monoisotopic (exact) mass is 293 g/mol. The Kier molecular flexibility index (Phi) is 4.60. The van der Waals surface area contributed by atoms with Gasteiger partial charge in [-0.25, -0.2) is 4.39 Å². The average molecular weight is 293 g/mol. The highest BCUT2D eigenvalue weighted by Crippen LogP contribution is 2.39. The molecule has 0 saturated heterocycles. The molecule has 0 aromatic heterocycles. The maximum Gasteiger partial charge on any atom is 0.307 e. The van der Waals surface area contributed by atoms with Crippen LogP contribution in [0, 0.1) is 30.5 Å². The van der Waals surface area contributed by atoms with Crippen LogP contribution in [-0.2, 0) is 9.59 Å². The highest BCUT2D eigenvalue weighted by atomic mass is 19.1. The van der Waals surface area contributed by atoms with Crippen molar-refractivity contribution >= 4 is 17.6 Å². The van der Waals surface area contributed by atoms with E-state index in [0.717, 1.165) is 12.0 Å². The minimum atomic E-state index is -0.948. The second-order valence-corrected chi connectivity index (χ2v) is 5.77.